The second-order valence-corrected chi connectivity index (χ2v) is 7.07. The molecule has 0 radical (unpaired) electrons. The normalized spacial score (nSPS) is 18.9. The average molecular weight is 338 g/mol. The third kappa shape index (κ3) is 3.07. The number of nitrogens with zero attached hydrogens (tertiary/aromatic N) is 1. The number of benzene rings is 1. The molecule has 1 aliphatic rings. The van der Waals surface area contributed by atoms with Crippen molar-refractivity contribution in [2.45, 2.75) is 32.3 Å². The molecule has 4 heteroatoms. The van der Waals surface area contributed by atoms with Crippen molar-refractivity contribution in [1.82, 2.24) is 4.98 Å². The Hall–Kier alpha value is -0.710. The predicted octanol–water partition coefficient (Wildman–Crippen LogP) is 4.60. The van der Waals surface area contributed by atoms with E-state index in [4.69, 9.17) is 9.72 Å². The fourth-order valence-electron chi connectivity index (χ4n) is 2.44. The van der Waals surface area contributed by atoms with Gasteiger partial charge in [0.25, 0.3) is 0 Å². The van der Waals surface area contributed by atoms with Gasteiger partial charge in [0.15, 0.2) is 0 Å². The third-order valence-corrected chi connectivity index (χ3v) is 4.85. The Morgan fingerprint density at radius 1 is 1.47 bits per heavy atom. The zero-order valence-electron chi connectivity index (χ0n) is 10.9. The van der Waals surface area contributed by atoms with Crippen LogP contribution in [0.4, 0.5) is 0 Å². The molecule has 0 saturated carbocycles. The van der Waals surface area contributed by atoms with E-state index >= 15 is 0 Å². The third-order valence-electron chi connectivity index (χ3n) is 3.37. The number of rotatable bonds is 3. The SMILES string of the molecule is Cc1sc(CC2CCCO2)nc1-c1cccc(Br)c1. The summed E-state index contributed by atoms with van der Waals surface area (Å²) in [7, 11) is 0. The molecule has 2 nitrogen and oxygen atoms in total. The van der Waals surface area contributed by atoms with Crippen LogP contribution in [0.1, 0.15) is 22.7 Å². The van der Waals surface area contributed by atoms with Gasteiger partial charge in [0, 0.05) is 27.9 Å². The predicted molar refractivity (Wildman–Crippen MR) is 82.7 cm³/mol. The Labute approximate surface area is 126 Å². The van der Waals surface area contributed by atoms with E-state index in [9.17, 15) is 0 Å². The van der Waals surface area contributed by atoms with Crippen LogP contribution in [0.3, 0.4) is 0 Å². The van der Waals surface area contributed by atoms with Crippen molar-refractivity contribution in [3.63, 3.8) is 0 Å². The van der Waals surface area contributed by atoms with E-state index in [1.807, 2.05) is 6.07 Å². The van der Waals surface area contributed by atoms with E-state index < -0.39 is 0 Å². The molecular weight excluding hydrogens is 322 g/mol. The standard InChI is InChI=1S/C15H16BrNOS/c1-10-15(11-4-2-5-12(16)8-11)17-14(19-10)9-13-6-3-7-18-13/h2,4-5,8,13H,3,6-7,9H2,1H3. The maximum absolute atomic E-state index is 5.69. The first-order chi connectivity index (χ1) is 9.22. The molecule has 1 fully saturated rings. The van der Waals surface area contributed by atoms with E-state index in [2.05, 4.69) is 41.1 Å². The highest BCUT2D eigenvalue weighted by Crippen LogP contribution is 2.30. The van der Waals surface area contributed by atoms with Gasteiger partial charge in [0.2, 0.25) is 0 Å². The second kappa shape index (κ2) is 5.73. The molecule has 1 atom stereocenters. The van der Waals surface area contributed by atoms with Gasteiger partial charge in [-0.15, -0.1) is 11.3 Å². The summed E-state index contributed by atoms with van der Waals surface area (Å²) < 4.78 is 6.79. The fraction of sp³-hybridized carbons (Fsp3) is 0.400. The maximum atomic E-state index is 5.69. The van der Waals surface area contributed by atoms with Crippen LogP contribution in [-0.2, 0) is 11.2 Å². The smallest absolute Gasteiger partial charge is 0.0961 e. The summed E-state index contributed by atoms with van der Waals surface area (Å²) in [6.07, 6.45) is 3.69. The van der Waals surface area contributed by atoms with Crippen molar-refractivity contribution in [1.29, 1.82) is 0 Å². The number of aryl methyl sites for hydroxylation is 1. The number of ether oxygens (including phenoxy) is 1. The summed E-state index contributed by atoms with van der Waals surface area (Å²) in [5, 5.41) is 1.19. The van der Waals surface area contributed by atoms with Crippen LogP contribution < -0.4 is 0 Å². The topological polar surface area (TPSA) is 22.1 Å². The van der Waals surface area contributed by atoms with E-state index in [1.165, 1.54) is 28.3 Å². The summed E-state index contributed by atoms with van der Waals surface area (Å²) >= 11 is 5.31. The molecule has 1 unspecified atom stereocenters. The van der Waals surface area contributed by atoms with Crippen LogP contribution in [0, 0.1) is 6.92 Å². The molecule has 0 aliphatic carbocycles. The van der Waals surface area contributed by atoms with Gasteiger partial charge in [-0.2, -0.15) is 0 Å². The lowest BCUT2D eigenvalue weighted by molar-refractivity contribution is 0.111. The first kappa shape index (κ1) is 13.3. The summed E-state index contributed by atoms with van der Waals surface area (Å²) in [5.74, 6) is 0. The highest BCUT2D eigenvalue weighted by atomic mass is 79.9. The van der Waals surface area contributed by atoms with Crippen molar-refractivity contribution in [3.8, 4) is 11.3 Å². The molecule has 1 aliphatic heterocycles. The fourth-order valence-corrected chi connectivity index (χ4v) is 3.86. The number of halogens is 1. The minimum atomic E-state index is 0.376. The average Bonchev–Trinajstić information content (AvgIpc) is 3.00. The Balaban J connectivity index is 1.84. The molecule has 1 aromatic heterocycles. The van der Waals surface area contributed by atoms with Gasteiger partial charge in [-0.1, -0.05) is 28.1 Å². The largest absolute Gasteiger partial charge is 0.378 e. The molecule has 2 heterocycles. The molecule has 19 heavy (non-hydrogen) atoms. The summed E-state index contributed by atoms with van der Waals surface area (Å²) in [6, 6.07) is 8.33. The molecule has 0 bridgehead atoms. The van der Waals surface area contributed by atoms with Crippen LogP contribution >= 0.6 is 27.3 Å². The number of aromatic nitrogens is 1. The zero-order chi connectivity index (χ0) is 13.2. The van der Waals surface area contributed by atoms with Gasteiger partial charge in [0.05, 0.1) is 16.8 Å². The van der Waals surface area contributed by atoms with E-state index in [1.54, 1.807) is 11.3 Å². The minimum absolute atomic E-state index is 0.376. The zero-order valence-corrected chi connectivity index (χ0v) is 13.3. The second-order valence-electron chi connectivity index (χ2n) is 4.86. The molecule has 2 aromatic rings. The first-order valence-corrected chi connectivity index (χ1v) is 8.17. The van der Waals surface area contributed by atoms with Crippen molar-refractivity contribution >= 4 is 27.3 Å². The Bertz CT molecular complexity index is 575. The van der Waals surface area contributed by atoms with Crippen molar-refractivity contribution in [3.05, 3.63) is 38.6 Å². The molecule has 1 aromatic carbocycles. The van der Waals surface area contributed by atoms with Crippen LogP contribution in [0.25, 0.3) is 11.3 Å². The molecule has 0 N–H and O–H groups in total. The lowest BCUT2D eigenvalue weighted by Gasteiger charge is -2.05. The Morgan fingerprint density at radius 2 is 2.37 bits per heavy atom. The van der Waals surface area contributed by atoms with E-state index in [0.29, 0.717) is 6.10 Å². The molecular formula is C15H16BrNOS. The lowest BCUT2D eigenvalue weighted by atomic mass is 10.1. The summed E-state index contributed by atoms with van der Waals surface area (Å²) in [6.45, 7) is 3.06. The summed E-state index contributed by atoms with van der Waals surface area (Å²) in [4.78, 5) is 6.09. The van der Waals surface area contributed by atoms with Gasteiger partial charge >= 0.3 is 0 Å². The quantitative estimate of drug-likeness (QED) is 0.816. The highest BCUT2D eigenvalue weighted by molar-refractivity contribution is 9.10. The molecule has 0 spiro atoms. The van der Waals surface area contributed by atoms with Crippen molar-refractivity contribution in [2.24, 2.45) is 0 Å². The molecule has 3 rings (SSSR count). The van der Waals surface area contributed by atoms with Crippen LogP contribution in [0.5, 0.6) is 0 Å². The maximum Gasteiger partial charge on any atom is 0.0961 e. The monoisotopic (exact) mass is 337 g/mol. The minimum Gasteiger partial charge on any atom is -0.378 e. The van der Waals surface area contributed by atoms with Gasteiger partial charge in [-0.25, -0.2) is 4.98 Å². The van der Waals surface area contributed by atoms with Gasteiger partial charge < -0.3 is 4.74 Å². The Kier molecular flexibility index (Phi) is 4.01. The number of thiazole rings is 1. The first-order valence-electron chi connectivity index (χ1n) is 6.56. The van der Waals surface area contributed by atoms with Gasteiger partial charge in [-0.05, 0) is 31.9 Å². The van der Waals surface area contributed by atoms with Gasteiger partial charge in [-0.3, -0.25) is 0 Å². The van der Waals surface area contributed by atoms with Crippen LogP contribution in [0.15, 0.2) is 28.7 Å². The number of hydrogen-bond acceptors (Lipinski definition) is 3. The van der Waals surface area contributed by atoms with Crippen molar-refractivity contribution in [2.75, 3.05) is 6.61 Å². The van der Waals surface area contributed by atoms with E-state index in [-0.39, 0.29) is 0 Å². The van der Waals surface area contributed by atoms with Crippen LogP contribution in [0.2, 0.25) is 0 Å². The number of hydrogen-bond donors (Lipinski definition) is 0. The molecule has 1 saturated heterocycles. The van der Waals surface area contributed by atoms with Gasteiger partial charge in [0.1, 0.15) is 0 Å². The van der Waals surface area contributed by atoms with Crippen molar-refractivity contribution < 1.29 is 4.74 Å². The van der Waals surface area contributed by atoms with E-state index in [0.717, 1.165) is 23.2 Å². The lowest BCUT2D eigenvalue weighted by Crippen LogP contribution is -2.08. The summed E-state index contributed by atoms with van der Waals surface area (Å²) in [5.41, 5.74) is 2.29. The molecule has 0 amide bonds. The van der Waals surface area contributed by atoms with Crippen LogP contribution in [-0.4, -0.2) is 17.7 Å². The Morgan fingerprint density at radius 3 is 3.11 bits per heavy atom. The molecule has 100 valence electrons. The highest BCUT2D eigenvalue weighted by Gasteiger charge is 2.19.